The summed E-state index contributed by atoms with van der Waals surface area (Å²) in [6.07, 6.45) is 0.933. The zero-order valence-electron chi connectivity index (χ0n) is 26.9. The Morgan fingerprint density at radius 2 is 1.39 bits per heavy atom. The van der Waals surface area contributed by atoms with Gasteiger partial charge in [0.05, 0.1) is 0 Å². The number of anilines is 1. The summed E-state index contributed by atoms with van der Waals surface area (Å²) in [7, 11) is 0. The Morgan fingerprint density at radius 1 is 0.829 bits per heavy atom. The highest BCUT2D eigenvalue weighted by atomic mass is 16.6. The molecule has 0 aliphatic rings. The van der Waals surface area contributed by atoms with Crippen LogP contribution in [-0.4, -0.2) is 40.5 Å². The average Bonchev–Trinajstić information content (AvgIpc) is 2.85. The minimum absolute atomic E-state index is 0.243. The maximum absolute atomic E-state index is 14.6. The molecule has 2 aromatic carbocycles. The van der Waals surface area contributed by atoms with Gasteiger partial charge in [-0.1, -0.05) is 64.1 Å². The Labute approximate surface area is 247 Å². The second-order valence-electron chi connectivity index (χ2n) is 12.9. The van der Waals surface area contributed by atoms with Crippen LogP contribution in [0, 0.1) is 32.6 Å². The van der Waals surface area contributed by atoms with E-state index in [1.807, 2.05) is 84.0 Å². The van der Waals surface area contributed by atoms with E-state index >= 15 is 0 Å². The largest absolute Gasteiger partial charge is 0.444 e. The molecule has 2 rings (SSSR count). The molecule has 0 saturated carbocycles. The standard InChI is InChI=1S/C34H51N3O4/c1-21(2)19-20-26(8)37(32(39)29(22(3)4)36-33(40)41-34(9,10)11)30(28-24(6)16-14-17-25(28)7)31(38)35-27-18-13-12-15-23(27)5/h12-18,21-22,26,29-30H,19-20H2,1-11H3,(H,35,38)(H,36,40). The van der Waals surface area contributed by atoms with Crippen LogP contribution in [0.1, 0.15) is 96.5 Å². The molecule has 0 heterocycles. The predicted octanol–water partition coefficient (Wildman–Crippen LogP) is 7.49. The minimum Gasteiger partial charge on any atom is -0.444 e. The van der Waals surface area contributed by atoms with Gasteiger partial charge in [0.2, 0.25) is 5.91 Å². The number of carbonyl (C=O) groups excluding carboxylic acids is 3. The minimum atomic E-state index is -0.910. The Bertz CT molecular complexity index is 1180. The van der Waals surface area contributed by atoms with Crippen molar-refractivity contribution < 1.29 is 19.1 Å². The second-order valence-corrected chi connectivity index (χ2v) is 12.9. The van der Waals surface area contributed by atoms with Crippen LogP contribution in [-0.2, 0) is 14.3 Å². The fraction of sp³-hybridized carbons (Fsp3) is 0.559. The van der Waals surface area contributed by atoms with Crippen LogP contribution in [0.2, 0.25) is 0 Å². The summed E-state index contributed by atoms with van der Waals surface area (Å²) in [6, 6.07) is 11.4. The monoisotopic (exact) mass is 565 g/mol. The Hall–Kier alpha value is -3.35. The van der Waals surface area contributed by atoms with E-state index in [-0.39, 0.29) is 23.8 Å². The number of hydrogen-bond acceptors (Lipinski definition) is 4. The fourth-order valence-corrected chi connectivity index (χ4v) is 4.99. The predicted molar refractivity (Wildman–Crippen MR) is 167 cm³/mol. The lowest BCUT2D eigenvalue weighted by Crippen LogP contribution is -2.56. The third-order valence-electron chi connectivity index (χ3n) is 7.24. The van der Waals surface area contributed by atoms with Crippen molar-refractivity contribution in [1.29, 1.82) is 0 Å². The highest BCUT2D eigenvalue weighted by Gasteiger charge is 2.41. The molecule has 226 valence electrons. The third-order valence-corrected chi connectivity index (χ3v) is 7.24. The van der Waals surface area contributed by atoms with Gasteiger partial charge in [0, 0.05) is 11.7 Å². The summed E-state index contributed by atoms with van der Waals surface area (Å²) in [4.78, 5) is 43.5. The van der Waals surface area contributed by atoms with Gasteiger partial charge in [-0.05, 0) is 101 Å². The number of benzene rings is 2. The lowest BCUT2D eigenvalue weighted by atomic mass is 9.90. The summed E-state index contributed by atoms with van der Waals surface area (Å²) >= 11 is 0. The van der Waals surface area contributed by atoms with Crippen LogP contribution in [0.15, 0.2) is 42.5 Å². The van der Waals surface area contributed by atoms with E-state index in [0.717, 1.165) is 28.7 Å². The molecule has 2 N–H and O–H groups in total. The van der Waals surface area contributed by atoms with Crippen molar-refractivity contribution in [2.24, 2.45) is 11.8 Å². The van der Waals surface area contributed by atoms with Crippen LogP contribution in [0.4, 0.5) is 10.5 Å². The van der Waals surface area contributed by atoms with Crippen LogP contribution < -0.4 is 10.6 Å². The first-order valence-corrected chi connectivity index (χ1v) is 14.8. The molecule has 0 aromatic heterocycles. The smallest absolute Gasteiger partial charge is 0.408 e. The van der Waals surface area contributed by atoms with Crippen molar-refractivity contribution in [1.82, 2.24) is 10.2 Å². The van der Waals surface area contributed by atoms with Crippen molar-refractivity contribution in [3.63, 3.8) is 0 Å². The molecule has 0 saturated heterocycles. The van der Waals surface area contributed by atoms with E-state index in [9.17, 15) is 14.4 Å². The zero-order chi connectivity index (χ0) is 31.1. The molecule has 0 spiro atoms. The van der Waals surface area contributed by atoms with Crippen molar-refractivity contribution in [3.05, 3.63) is 64.7 Å². The number of amides is 3. The first-order chi connectivity index (χ1) is 19.0. The average molecular weight is 566 g/mol. The molecule has 3 unspecified atom stereocenters. The molecule has 3 atom stereocenters. The van der Waals surface area contributed by atoms with E-state index < -0.39 is 23.8 Å². The van der Waals surface area contributed by atoms with Crippen molar-refractivity contribution in [2.75, 3.05) is 5.32 Å². The van der Waals surface area contributed by atoms with Gasteiger partial charge in [0.15, 0.2) is 0 Å². The second kappa shape index (κ2) is 14.5. The Morgan fingerprint density at radius 3 is 1.90 bits per heavy atom. The Balaban J connectivity index is 2.70. The number of alkyl carbamates (subject to hydrolysis) is 1. The number of carbonyl (C=O) groups is 3. The molecule has 0 bridgehead atoms. The molecule has 41 heavy (non-hydrogen) atoms. The van der Waals surface area contributed by atoms with Crippen LogP contribution in [0.25, 0.3) is 0 Å². The van der Waals surface area contributed by atoms with E-state index in [4.69, 9.17) is 4.74 Å². The molecule has 0 aliphatic heterocycles. The molecule has 2 aromatic rings. The number of hydrogen-bond donors (Lipinski definition) is 2. The highest BCUT2D eigenvalue weighted by molar-refractivity contribution is 6.00. The quantitative estimate of drug-likeness (QED) is 0.295. The molecule has 3 amide bonds. The number of para-hydroxylation sites is 1. The maximum atomic E-state index is 14.6. The van der Waals surface area contributed by atoms with Gasteiger partial charge in [0.25, 0.3) is 5.91 Å². The number of aryl methyl sites for hydroxylation is 3. The molecule has 0 aliphatic carbocycles. The van der Waals surface area contributed by atoms with Crippen molar-refractivity contribution in [2.45, 2.75) is 113 Å². The molecule has 7 nitrogen and oxygen atoms in total. The van der Waals surface area contributed by atoms with Gasteiger partial charge < -0.3 is 20.3 Å². The normalized spacial score (nSPS) is 13.9. The summed E-state index contributed by atoms with van der Waals surface area (Å²) in [5.74, 6) is -0.418. The number of rotatable bonds is 11. The van der Waals surface area contributed by atoms with Crippen LogP contribution >= 0.6 is 0 Å². The summed E-state index contributed by atoms with van der Waals surface area (Å²) < 4.78 is 5.51. The van der Waals surface area contributed by atoms with E-state index in [1.54, 1.807) is 25.7 Å². The van der Waals surface area contributed by atoms with Gasteiger partial charge in [0.1, 0.15) is 17.7 Å². The van der Waals surface area contributed by atoms with E-state index in [0.29, 0.717) is 18.0 Å². The summed E-state index contributed by atoms with van der Waals surface area (Å²) in [5.41, 5.74) is 3.55. The summed E-state index contributed by atoms with van der Waals surface area (Å²) in [5, 5.41) is 5.94. The Kier molecular flexibility index (Phi) is 12.0. The first kappa shape index (κ1) is 33.9. The van der Waals surface area contributed by atoms with Gasteiger partial charge >= 0.3 is 6.09 Å². The van der Waals surface area contributed by atoms with Crippen LogP contribution in [0.5, 0.6) is 0 Å². The molecular formula is C34H51N3O4. The number of nitrogens with zero attached hydrogens (tertiary/aromatic N) is 1. The molecule has 0 radical (unpaired) electrons. The third kappa shape index (κ3) is 9.61. The molecular weight excluding hydrogens is 514 g/mol. The van der Waals surface area contributed by atoms with Gasteiger partial charge in [-0.3, -0.25) is 9.59 Å². The van der Waals surface area contributed by atoms with E-state index in [1.165, 1.54) is 0 Å². The maximum Gasteiger partial charge on any atom is 0.408 e. The topological polar surface area (TPSA) is 87.7 Å². The lowest BCUT2D eigenvalue weighted by Gasteiger charge is -2.40. The lowest BCUT2D eigenvalue weighted by molar-refractivity contribution is -0.144. The number of nitrogens with one attached hydrogen (secondary N) is 2. The van der Waals surface area contributed by atoms with Gasteiger partial charge in [-0.15, -0.1) is 0 Å². The summed E-state index contributed by atoms with van der Waals surface area (Å²) in [6.45, 7) is 21.3. The van der Waals surface area contributed by atoms with Gasteiger partial charge in [-0.25, -0.2) is 4.79 Å². The highest BCUT2D eigenvalue weighted by Crippen LogP contribution is 2.33. The van der Waals surface area contributed by atoms with Crippen molar-refractivity contribution >= 4 is 23.6 Å². The zero-order valence-corrected chi connectivity index (χ0v) is 26.9. The number of ether oxygens (including phenoxy) is 1. The van der Waals surface area contributed by atoms with Crippen molar-refractivity contribution in [3.8, 4) is 0 Å². The van der Waals surface area contributed by atoms with Gasteiger partial charge in [-0.2, -0.15) is 0 Å². The molecule has 7 heteroatoms. The molecule has 0 fully saturated rings. The van der Waals surface area contributed by atoms with E-state index in [2.05, 4.69) is 24.5 Å². The van der Waals surface area contributed by atoms with Crippen LogP contribution in [0.3, 0.4) is 0 Å². The fourth-order valence-electron chi connectivity index (χ4n) is 4.99. The first-order valence-electron chi connectivity index (χ1n) is 14.8. The SMILES string of the molecule is Cc1ccccc1NC(=O)C(c1c(C)cccc1C)N(C(=O)C(NC(=O)OC(C)(C)C)C(C)C)C(C)CCC(C)C.